The molecule has 0 bridgehead atoms. The molecular formula is C20H13N5O4S2. The number of nitrogens with zero attached hydrogens (tertiary/aromatic N) is 4. The quantitative estimate of drug-likeness (QED) is 0.270. The van der Waals surface area contributed by atoms with Crippen LogP contribution in [0.4, 0.5) is 5.13 Å². The Morgan fingerprint density at radius 3 is 2.77 bits per heavy atom. The van der Waals surface area contributed by atoms with Crippen LogP contribution in [0.25, 0.3) is 15.9 Å². The predicted molar refractivity (Wildman–Crippen MR) is 119 cm³/mol. The molecule has 0 aliphatic heterocycles. The summed E-state index contributed by atoms with van der Waals surface area (Å²) >= 11 is 2.31. The Morgan fingerprint density at radius 1 is 1.29 bits per heavy atom. The Labute approximate surface area is 182 Å². The van der Waals surface area contributed by atoms with Crippen LogP contribution in [-0.2, 0) is 0 Å². The SMILES string of the molecule is COc1ccc(-n2c(O)c(C=Nc3nc4ccc(SC#N)cc4s3)c(=O)[nH]c2=O)cc1. The average molecular weight is 451 g/mol. The topological polar surface area (TPSA) is 133 Å². The van der Waals surface area contributed by atoms with Gasteiger partial charge in [0.1, 0.15) is 16.7 Å². The van der Waals surface area contributed by atoms with Crippen molar-refractivity contribution < 1.29 is 9.84 Å². The maximum absolute atomic E-state index is 12.3. The average Bonchev–Trinajstić information content (AvgIpc) is 3.16. The van der Waals surface area contributed by atoms with Gasteiger partial charge in [-0.3, -0.25) is 9.78 Å². The van der Waals surface area contributed by atoms with Crippen LogP contribution in [0.15, 0.2) is 61.9 Å². The minimum absolute atomic E-state index is 0.185. The summed E-state index contributed by atoms with van der Waals surface area (Å²) in [5.74, 6) is 0.0335. The number of methoxy groups -OCH3 is 1. The van der Waals surface area contributed by atoms with Gasteiger partial charge >= 0.3 is 5.69 Å². The molecule has 0 saturated heterocycles. The minimum atomic E-state index is -0.785. The Bertz CT molecular complexity index is 1460. The second-order valence-corrected chi connectivity index (χ2v) is 7.97. The largest absolute Gasteiger partial charge is 0.497 e. The van der Waals surface area contributed by atoms with E-state index in [2.05, 4.69) is 15.0 Å². The lowest BCUT2D eigenvalue weighted by molar-refractivity contribution is 0.414. The van der Waals surface area contributed by atoms with Crippen LogP contribution < -0.4 is 16.0 Å². The van der Waals surface area contributed by atoms with Gasteiger partial charge in [-0.1, -0.05) is 11.3 Å². The highest BCUT2D eigenvalue weighted by Crippen LogP contribution is 2.31. The number of aromatic amines is 1. The van der Waals surface area contributed by atoms with Crippen molar-refractivity contribution in [2.45, 2.75) is 4.90 Å². The highest BCUT2D eigenvalue weighted by atomic mass is 32.2. The van der Waals surface area contributed by atoms with Gasteiger partial charge in [0.25, 0.3) is 5.56 Å². The van der Waals surface area contributed by atoms with E-state index in [4.69, 9.17) is 10.00 Å². The van der Waals surface area contributed by atoms with Crippen molar-refractivity contribution >= 4 is 44.7 Å². The zero-order valence-corrected chi connectivity index (χ0v) is 17.5. The smallest absolute Gasteiger partial charge is 0.335 e. The lowest BCUT2D eigenvalue weighted by atomic mass is 10.2. The number of aromatic nitrogens is 3. The van der Waals surface area contributed by atoms with Crippen molar-refractivity contribution in [1.82, 2.24) is 14.5 Å². The van der Waals surface area contributed by atoms with Gasteiger partial charge in [-0.15, -0.1) is 0 Å². The molecule has 0 amide bonds. The first-order chi connectivity index (χ1) is 15.0. The van der Waals surface area contributed by atoms with Gasteiger partial charge in [0.2, 0.25) is 11.0 Å². The van der Waals surface area contributed by atoms with E-state index < -0.39 is 17.1 Å². The lowest BCUT2D eigenvalue weighted by Crippen LogP contribution is -2.31. The molecule has 4 aromatic rings. The van der Waals surface area contributed by atoms with Crippen molar-refractivity contribution in [2.75, 3.05) is 7.11 Å². The first-order valence-electron chi connectivity index (χ1n) is 8.73. The summed E-state index contributed by atoms with van der Waals surface area (Å²) in [5, 5.41) is 21.8. The molecule has 2 heterocycles. The van der Waals surface area contributed by atoms with Gasteiger partial charge in [-0.05, 0) is 54.2 Å². The molecule has 0 atom stereocenters. The summed E-state index contributed by atoms with van der Waals surface area (Å²) in [4.78, 5) is 36.1. The van der Waals surface area contributed by atoms with Crippen molar-refractivity contribution in [2.24, 2.45) is 4.99 Å². The second kappa shape index (κ2) is 8.47. The Morgan fingerprint density at radius 2 is 2.06 bits per heavy atom. The molecule has 0 fully saturated rings. The molecule has 0 radical (unpaired) electrons. The first kappa shape index (κ1) is 20.4. The van der Waals surface area contributed by atoms with Gasteiger partial charge in [0, 0.05) is 11.1 Å². The van der Waals surface area contributed by atoms with Crippen molar-refractivity contribution in [3.05, 3.63) is 68.9 Å². The van der Waals surface area contributed by atoms with Crippen LogP contribution in [0.1, 0.15) is 5.56 Å². The van der Waals surface area contributed by atoms with Gasteiger partial charge in [0.05, 0.1) is 23.0 Å². The number of thiocyanates is 1. The molecule has 0 unspecified atom stereocenters. The Hall–Kier alpha value is -3.88. The number of rotatable bonds is 5. The van der Waals surface area contributed by atoms with Gasteiger partial charge in [-0.25, -0.2) is 19.3 Å². The number of fused-ring (bicyclic) bond motifs is 1. The monoisotopic (exact) mass is 451 g/mol. The van der Waals surface area contributed by atoms with Crippen LogP contribution in [-0.4, -0.2) is 33.0 Å². The maximum Gasteiger partial charge on any atom is 0.335 e. The summed E-state index contributed by atoms with van der Waals surface area (Å²) < 4.78 is 6.88. The first-order valence-corrected chi connectivity index (χ1v) is 10.4. The fourth-order valence-corrected chi connectivity index (χ4v) is 4.15. The Kier molecular flexibility index (Phi) is 5.57. The van der Waals surface area contributed by atoms with Crippen molar-refractivity contribution in [1.29, 1.82) is 5.26 Å². The van der Waals surface area contributed by atoms with Crippen LogP contribution >= 0.6 is 23.1 Å². The predicted octanol–water partition coefficient (Wildman–Crippen LogP) is 3.17. The molecule has 154 valence electrons. The van der Waals surface area contributed by atoms with Crippen LogP contribution in [0.3, 0.4) is 0 Å². The van der Waals surface area contributed by atoms with Crippen molar-refractivity contribution in [3.63, 3.8) is 0 Å². The van der Waals surface area contributed by atoms with Crippen molar-refractivity contribution in [3.8, 4) is 22.7 Å². The van der Waals surface area contributed by atoms with E-state index in [0.717, 1.165) is 32.1 Å². The molecule has 2 aromatic heterocycles. The van der Waals surface area contributed by atoms with Gasteiger partial charge in [-0.2, -0.15) is 5.26 Å². The van der Waals surface area contributed by atoms with Crippen LogP contribution in [0.2, 0.25) is 0 Å². The molecule has 9 nitrogen and oxygen atoms in total. The number of aliphatic imine (C=N–C) groups is 1. The van der Waals surface area contributed by atoms with E-state index in [0.29, 0.717) is 22.1 Å². The van der Waals surface area contributed by atoms with Gasteiger partial charge < -0.3 is 9.84 Å². The highest BCUT2D eigenvalue weighted by molar-refractivity contribution is 8.03. The fraction of sp³-hybridized carbons (Fsp3) is 0.0500. The molecule has 0 aliphatic rings. The number of hydrogen-bond donors (Lipinski definition) is 2. The third kappa shape index (κ3) is 4.07. The van der Waals surface area contributed by atoms with E-state index in [-0.39, 0.29) is 5.56 Å². The van der Waals surface area contributed by atoms with E-state index >= 15 is 0 Å². The van der Waals surface area contributed by atoms with Crippen LogP contribution in [0.5, 0.6) is 11.6 Å². The zero-order chi connectivity index (χ0) is 22.0. The molecule has 0 spiro atoms. The number of hydrogen-bond acceptors (Lipinski definition) is 9. The normalized spacial score (nSPS) is 11.1. The molecule has 0 aliphatic carbocycles. The van der Waals surface area contributed by atoms with E-state index in [1.54, 1.807) is 36.4 Å². The molecular weight excluding hydrogens is 438 g/mol. The number of ether oxygens (including phenoxy) is 1. The number of thioether (sulfide) groups is 1. The summed E-state index contributed by atoms with van der Waals surface area (Å²) in [6.45, 7) is 0. The number of aromatic hydroxyl groups is 1. The van der Waals surface area contributed by atoms with E-state index in [9.17, 15) is 14.7 Å². The third-order valence-corrected chi connectivity index (χ3v) is 5.77. The summed E-state index contributed by atoms with van der Waals surface area (Å²) in [6.07, 6.45) is 1.16. The summed E-state index contributed by atoms with van der Waals surface area (Å²) in [7, 11) is 1.51. The summed E-state index contributed by atoms with van der Waals surface area (Å²) in [6, 6.07) is 11.8. The van der Waals surface area contributed by atoms with E-state index in [1.807, 2.05) is 11.5 Å². The van der Waals surface area contributed by atoms with Gasteiger partial charge in [0.15, 0.2) is 0 Å². The molecule has 31 heavy (non-hydrogen) atoms. The Balaban J connectivity index is 1.73. The van der Waals surface area contributed by atoms with E-state index in [1.165, 1.54) is 18.4 Å². The third-order valence-electron chi connectivity index (χ3n) is 4.27. The molecule has 2 N–H and O–H groups in total. The number of nitriles is 1. The number of nitrogens with one attached hydrogen (secondary N) is 1. The minimum Gasteiger partial charge on any atom is -0.497 e. The lowest BCUT2D eigenvalue weighted by Gasteiger charge is -2.10. The molecule has 0 saturated carbocycles. The second-order valence-electron chi connectivity index (χ2n) is 6.11. The zero-order valence-electron chi connectivity index (χ0n) is 15.9. The summed E-state index contributed by atoms with van der Waals surface area (Å²) in [5.41, 5.74) is -0.704. The molecule has 11 heteroatoms. The molecule has 2 aromatic carbocycles. The number of H-pyrrole nitrogens is 1. The van der Waals surface area contributed by atoms with Crippen LogP contribution in [0, 0.1) is 10.7 Å². The number of benzene rings is 2. The maximum atomic E-state index is 12.3. The fourth-order valence-electron chi connectivity index (χ4n) is 2.81. The molecule has 4 rings (SSSR count). The highest BCUT2D eigenvalue weighted by Gasteiger charge is 2.15. The number of thiazole rings is 1. The standard InChI is InChI=1S/C20H13N5O4S2/c1-29-12-4-2-11(3-5-12)25-18(27)14(17(26)24-20(25)28)9-22-19-23-15-7-6-13(30-10-21)8-16(15)31-19/h2-9,27H,1H3,(H,24,26,28).